The molecule has 2 aromatic rings. The van der Waals surface area contributed by atoms with Crippen molar-refractivity contribution >= 4 is 28.5 Å². The first-order valence-electron chi connectivity index (χ1n) is 5.62. The van der Waals surface area contributed by atoms with Gasteiger partial charge in [-0.2, -0.15) is 0 Å². The molecule has 17 heavy (non-hydrogen) atoms. The van der Waals surface area contributed by atoms with E-state index in [-0.39, 0.29) is 6.42 Å². The first-order valence-corrected chi connectivity index (χ1v) is 5.99. The maximum absolute atomic E-state index is 10.6. The van der Waals surface area contributed by atoms with E-state index < -0.39 is 5.97 Å². The van der Waals surface area contributed by atoms with Gasteiger partial charge in [0.1, 0.15) is 0 Å². The van der Waals surface area contributed by atoms with E-state index in [1.165, 1.54) is 0 Å². The van der Waals surface area contributed by atoms with Gasteiger partial charge in [-0.3, -0.25) is 4.79 Å². The Bertz CT molecular complexity index is 560. The van der Waals surface area contributed by atoms with Crippen LogP contribution in [0.15, 0.2) is 24.3 Å². The van der Waals surface area contributed by atoms with Crippen molar-refractivity contribution in [3.63, 3.8) is 0 Å². The molecular weight excluding hydrogens is 238 g/mol. The average molecular weight is 252 g/mol. The number of carbonyl (C=O) groups is 1. The minimum Gasteiger partial charge on any atom is -0.481 e. The molecule has 0 aliphatic heterocycles. The van der Waals surface area contributed by atoms with Gasteiger partial charge in [-0.15, -0.1) is 0 Å². The van der Waals surface area contributed by atoms with Crippen LogP contribution in [0.3, 0.4) is 0 Å². The Labute approximate surface area is 105 Å². The number of aryl methyl sites for hydroxylation is 2. The van der Waals surface area contributed by atoms with E-state index in [0.717, 1.165) is 23.1 Å². The van der Waals surface area contributed by atoms with Gasteiger partial charge in [-0.05, 0) is 25.5 Å². The lowest BCUT2D eigenvalue weighted by molar-refractivity contribution is -0.136. The molecule has 90 valence electrons. The van der Waals surface area contributed by atoms with Gasteiger partial charge >= 0.3 is 5.97 Å². The topological polar surface area (TPSA) is 42.2 Å². The maximum atomic E-state index is 10.6. The number of benzene rings is 1. The molecule has 0 spiro atoms. The van der Waals surface area contributed by atoms with Crippen LogP contribution >= 0.6 is 11.6 Å². The molecule has 1 aromatic carbocycles. The van der Waals surface area contributed by atoms with Crippen LogP contribution in [0.4, 0.5) is 0 Å². The van der Waals surface area contributed by atoms with Crippen molar-refractivity contribution in [2.45, 2.75) is 26.3 Å². The highest BCUT2D eigenvalue weighted by molar-refractivity contribution is 6.35. The average Bonchev–Trinajstić information content (AvgIpc) is 2.65. The van der Waals surface area contributed by atoms with E-state index in [2.05, 4.69) is 4.57 Å². The lowest BCUT2D eigenvalue weighted by atomic mass is 10.2. The molecule has 0 aliphatic carbocycles. The standard InChI is InChI=1S/C13H14ClNO2/c1-2-15-10(6-7-12(16)17)8-9-4-3-5-11(14)13(9)15/h3-5,8H,2,6-7H2,1H3,(H,16,17). The fraction of sp³-hybridized carbons (Fsp3) is 0.308. The summed E-state index contributed by atoms with van der Waals surface area (Å²) in [5.74, 6) is -0.774. The summed E-state index contributed by atoms with van der Waals surface area (Å²) in [4.78, 5) is 10.6. The Hall–Kier alpha value is -1.48. The number of fused-ring (bicyclic) bond motifs is 1. The van der Waals surface area contributed by atoms with Gasteiger partial charge in [0.25, 0.3) is 0 Å². The molecule has 0 fully saturated rings. The number of aliphatic carboxylic acids is 1. The van der Waals surface area contributed by atoms with Crippen molar-refractivity contribution in [1.82, 2.24) is 4.57 Å². The largest absolute Gasteiger partial charge is 0.481 e. The third-order valence-corrected chi connectivity index (χ3v) is 3.17. The van der Waals surface area contributed by atoms with Crippen LogP contribution in [0.1, 0.15) is 19.0 Å². The van der Waals surface area contributed by atoms with Crippen LogP contribution in [0, 0.1) is 0 Å². The van der Waals surface area contributed by atoms with Crippen LogP contribution in [0.25, 0.3) is 10.9 Å². The SMILES string of the molecule is CCn1c(CCC(=O)O)cc2cccc(Cl)c21. The zero-order chi connectivity index (χ0) is 12.4. The zero-order valence-corrected chi connectivity index (χ0v) is 10.4. The molecule has 0 radical (unpaired) electrons. The fourth-order valence-corrected chi connectivity index (χ4v) is 2.42. The first-order chi connectivity index (χ1) is 8.13. The van der Waals surface area contributed by atoms with E-state index in [4.69, 9.17) is 16.7 Å². The summed E-state index contributed by atoms with van der Waals surface area (Å²) < 4.78 is 2.08. The Morgan fingerprint density at radius 1 is 1.47 bits per heavy atom. The Balaban J connectivity index is 2.49. The number of para-hydroxylation sites is 1. The van der Waals surface area contributed by atoms with Crippen molar-refractivity contribution < 1.29 is 9.90 Å². The number of carboxylic acids is 1. The number of aromatic nitrogens is 1. The second-order valence-corrected chi connectivity index (χ2v) is 4.36. The van der Waals surface area contributed by atoms with Gasteiger partial charge in [0, 0.05) is 17.6 Å². The molecule has 0 unspecified atom stereocenters. The van der Waals surface area contributed by atoms with E-state index in [1.54, 1.807) is 0 Å². The van der Waals surface area contributed by atoms with Crippen molar-refractivity contribution in [1.29, 1.82) is 0 Å². The van der Waals surface area contributed by atoms with Gasteiger partial charge in [0.15, 0.2) is 0 Å². The first kappa shape index (κ1) is 12.0. The molecule has 1 aromatic heterocycles. The van der Waals surface area contributed by atoms with E-state index in [9.17, 15) is 4.79 Å². The van der Waals surface area contributed by atoms with Gasteiger partial charge in [-0.1, -0.05) is 23.7 Å². The normalized spacial score (nSPS) is 10.9. The lowest BCUT2D eigenvalue weighted by Gasteiger charge is -2.07. The molecule has 1 heterocycles. The second kappa shape index (κ2) is 4.80. The van der Waals surface area contributed by atoms with Crippen LogP contribution in [0.5, 0.6) is 0 Å². The molecular formula is C13H14ClNO2. The quantitative estimate of drug-likeness (QED) is 0.906. The molecule has 4 heteroatoms. The van der Waals surface area contributed by atoms with Crippen molar-refractivity contribution in [2.24, 2.45) is 0 Å². The number of rotatable bonds is 4. The minimum absolute atomic E-state index is 0.147. The number of halogens is 1. The Morgan fingerprint density at radius 2 is 2.24 bits per heavy atom. The second-order valence-electron chi connectivity index (χ2n) is 3.95. The molecule has 0 saturated heterocycles. The summed E-state index contributed by atoms with van der Waals surface area (Å²) in [6.07, 6.45) is 0.683. The molecule has 0 atom stereocenters. The molecule has 0 saturated carbocycles. The third kappa shape index (κ3) is 2.29. The highest BCUT2D eigenvalue weighted by Crippen LogP contribution is 2.27. The number of hydrogen-bond acceptors (Lipinski definition) is 1. The predicted octanol–water partition coefficient (Wildman–Crippen LogP) is 3.33. The van der Waals surface area contributed by atoms with E-state index in [1.807, 2.05) is 31.2 Å². The Morgan fingerprint density at radius 3 is 2.88 bits per heavy atom. The highest BCUT2D eigenvalue weighted by atomic mass is 35.5. The van der Waals surface area contributed by atoms with Crippen LogP contribution in [-0.2, 0) is 17.8 Å². The fourth-order valence-electron chi connectivity index (χ4n) is 2.14. The van der Waals surface area contributed by atoms with Gasteiger partial charge in [0.05, 0.1) is 17.0 Å². The van der Waals surface area contributed by atoms with Crippen LogP contribution in [-0.4, -0.2) is 15.6 Å². The highest BCUT2D eigenvalue weighted by Gasteiger charge is 2.11. The summed E-state index contributed by atoms with van der Waals surface area (Å²) in [5.41, 5.74) is 2.02. The summed E-state index contributed by atoms with van der Waals surface area (Å²) in [7, 11) is 0. The van der Waals surface area contributed by atoms with Crippen molar-refractivity contribution in [2.75, 3.05) is 0 Å². The Kier molecular flexibility index (Phi) is 3.38. The molecule has 0 aliphatic rings. The summed E-state index contributed by atoms with van der Waals surface area (Å²) in [6, 6.07) is 7.79. The number of carboxylic acid groups (broad SMARTS) is 1. The van der Waals surface area contributed by atoms with Crippen molar-refractivity contribution in [3.05, 3.63) is 35.0 Å². The smallest absolute Gasteiger partial charge is 0.303 e. The molecule has 0 bridgehead atoms. The number of hydrogen-bond donors (Lipinski definition) is 1. The van der Waals surface area contributed by atoms with Crippen LogP contribution < -0.4 is 0 Å². The van der Waals surface area contributed by atoms with Crippen molar-refractivity contribution in [3.8, 4) is 0 Å². The lowest BCUT2D eigenvalue weighted by Crippen LogP contribution is -2.04. The molecule has 2 rings (SSSR count). The van der Waals surface area contributed by atoms with Gasteiger partial charge < -0.3 is 9.67 Å². The minimum atomic E-state index is -0.774. The monoisotopic (exact) mass is 251 g/mol. The summed E-state index contributed by atoms with van der Waals surface area (Å²) in [5, 5.41) is 10.5. The van der Waals surface area contributed by atoms with Crippen LogP contribution in [0.2, 0.25) is 5.02 Å². The molecule has 1 N–H and O–H groups in total. The predicted molar refractivity (Wildman–Crippen MR) is 68.6 cm³/mol. The van der Waals surface area contributed by atoms with Gasteiger partial charge in [0.2, 0.25) is 0 Å². The molecule has 0 amide bonds. The van der Waals surface area contributed by atoms with Gasteiger partial charge in [-0.25, -0.2) is 0 Å². The summed E-state index contributed by atoms with van der Waals surface area (Å²) in [6.45, 7) is 2.83. The molecule has 3 nitrogen and oxygen atoms in total. The third-order valence-electron chi connectivity index (χ3n) is 2.87. The van der Waals surface area contributed by atoms with E-state index in [0.29, 0.717) is 11.4 Å². The van der Waals surface area contributed by atoms with E-state index >= 15 is 0 Å². The maximum Gasteiger partial charge on any atom is 0.303 e. The zero-order valence-electron chi connectivity index (χ0n) is 9.61. The summed E-state index contributed by atoms with van der Waals surface area (Å²) >= 11 is 6.18. The number of nitrogens with zero attached hydrogens (tertiary/aromatic N) is 1.